The number of fused-ring (bicyclic) bond motifs is 1. The molecule has 2 amide bonds. The Hall–Kier alpha value is -3.83. The number of hydrogen-bond donors (Lipinski definition) is 2. The van der Waals surface area contributed by atoms with E-state index in [1.54, 1.807) is 11.0 Å². The van der Waals surface area contributed by atoms with Gasteiger partial charge in [-0.3, -0.25) is 14.9 Å². The number of hydrogen-bond acceptors (Lipinski definition) is 8. The average molecular weight is 611 g/mol. The summed E-state index contributed by atoms with van der Waals surface area (Å²) in [5.41, 5.74) is 10.5. The second-order valence-corrected chi connectivity index (χ2v) is 13.9. The van der Waals surface area contributed by atoms with E-state index in [2.05, 4.69) is 29.0 Å². The number of carbonyl (C=O) groups is 2. The van der Waals surface area contributed by atoms with E-state index in [4.69, 9.17) is 20.3 Å². The number of likely N-dealkylation sites (tertiary alicyclic amines) is 2. The Bertz CT molecular complexity index is 1470. The smallest absolute Gasteiger partial charge is 0.410 e. The van der Waals surface area contributed by atoms with Crippen LogP contribution < -0.4 is 5.73 Å². The van der Waals surface area contributed by atoms with Gasteiger partial charge in [-0.05, 0) is 106 Å². The summed E-state index contributed by atoms with van der Waals surface area (Å²) in [6.45, 7) is 18.9. The number of nitrogen functional groups attached to an aromatic ring is 1. The predicted molar refractivity (Wildman–Crippen MR) is 169 cm³/mol. The predicted octanol–water partition coefficient (Wildman–Crippen LogP) is 6.57. The number of nitrogens with one attached hydrogen (secondary N) is 1. The van der Waals surface area contributed by atoms with Gasteiger partial charge in [0.05, 0.1) is 23.5 Å². The van der Waals surface area contributed by atoms with Crippen molar-refractivity contribution in [2.45, 2.75) is 124 Å². The summed E-state index contributed by atoms with van der Waals surface area (Å²) in [5, 5.41) is 11.6. The van der Waals surface area contributed by atoms with Gasteiger partial charge in [0, 0.05) is 36.6 Å². The first-order valence-corrected chi connectivity index (χ1v) is 15.7. The Balaban J connectivity index is 0.000000209. The molecule has 12 heteroatoms. The quantitative estimate of drug-likeness (QED) is 0.331. The molecular weight excluding hydrogens is 560 g/mol. The minimum absolute atomic E-state index is 0.0200. The lowest BCUT2D eigenvalue weighted by molar-refractivity contribution is 0.00801. The van der Waals surface area contributed by atoms with Crippen LogP contribution in [0, 0.1) is 20.8 Å². The van der Waals surface area contributed by atoms with E-state index < -0.39 is 11.2 Å². The summed E-state index contributed by atoms with van der Waals surface area (Å²) < 4.78 is 12.9. The number of H-pyrrole nitrogens is 1. The highest BCUT2D eigenvalue weighted by molar-refractivity contribution is 5.69. The summed E-state index contributed by atoms with van der Waals surface area (Å²) >= 11 is 0. The van der Waals surface area contributed by atoms with Gasteiger partial charge in [0.15, 0.2) is 5.65 Å². The molecule has 0 spiro atoms. The highest BCUT2D eigenvalue weighted by atomic mass is 16.6. The number of nitrogens with two attached hydrogens (primary N) is 1. The maximum Gasteiger partial charge on any atom is 0.410 e. The molecule has 0 aliphatic carbocycles. The van der Waals surface area contributed by atoms with E-state index in [1.165, 1.54) is 0 Å². The maximum absolute atomic E-state index is 12.6. The number of ether oxygens (including phenoxy) is 2. The van der Waals surface area contributed by atoms with Crippen molar-refractivity contribution in [3.63, 3.8) is 0 Å². The van der Waals surface area contributed by atoms with Crippen LogP contribution in [0.1, 0.15) is 120 Å². The number of amides is 2. The van der Waals surface area contributed by atoms with Crippen molar-refractivity contribution in [1.82, 2.24) is 34.6 Å². The number of aryl methyl sites for hydroxylation is 2. The molecule has 5 rings (SSSR count). The molecule has 2 saturated heterocycles. The van der Waals surface area contributed by atoms with Gasteiger partial charge in [0.2, 0.25) is 0 Å². The van der Waals surface area contributed by atoms with Gasteiger partial charge in [-0.15, -0.1) is 0 Å². The Morgan fingerprint density at radius 1 is 0.864 bits per heavy atom. The normalized spacial score (nSPS) is 19.4. The zero-order valence-corrected chi connectivity index (χ0v) is 27.9. The first-order valence-electron chi connectivity index (χ1n) is 15.7. The Morgan fingerprint density at radius 2 is 1.41 bits per heavy atom. The number of rotatable bonds is 2. The van der Waals surface area contributed by atoms with Gasteiger partial charge in [-0.2, -0.15) is 10.2 Å². The number of piperidine rings is 2. The van der Waals surface area contributed by atoms with Crippen molar-refractivity contribution in [2.24, 2.45) is 0 Å². The Morgan fingerprint density at radius 3 is 1.93 bits per heavy atom. The molecule has 0 bridgehead atoms. The molecule has 3 aromatic rings. The molecule has 0 radical (unpaired) electrons. The van der Waals surface area contributed by atoms with Crippen molar-refractivity contribution in [2.75, 3.05) is 18.8 Å². The van der Waals surface area contributed by atoms with Gasteiger partial charge < -0.3 is 15.2 Å². The lowest BCUT2D eigenvalue weighted by Crippen LogP contribution is -2.42. The summed E-state index contributed by atoms with van der Waals surface area (Å²) in [6.07, 6.45) is 5.45. The molecule has 242 valence electrons. The second-order valence-electron chi connectivity index (χ2n) is 13.9. The fourth-order valence-electron chi connectivity index (χ4n) is 5.65. The molecule has 0 unspecified atom stereocenters. The SMILES string of the molecule is CC(C)(C)OC(=O)N1CCCC[C@H]1c1cc(N)n[nH]1.Cc1nc2cc([C@@H]3CCCCN3C(=O)OC(C)(C)C)nn2c(C)c1C. The third-order valence-electron chi connectivity index (χ3n) is 7.97. The molecule has 2 fully saturated rings. The third-order valence-corrected chi connectivity index (χ3v) is 7.97. The third kappa shape index (κ3) is 8.00. The van der Waals surface area contributed by atoms with Gasteiger partial charge >= 0.3 is 12.2 Å². The number of aromatic nitrogens is 5. The fourth-order valence-corrected chi connectivity index (χ4v) is 5.65. The minimum atomic E-state index is -0.496. The van der Waals surface area contributed by atoms with Crippen LogP contribution in [0.2, 0.25) is 0 Å². The van der Waals surface area contributed by atoms with Crippen LogP contribution in [0.3, 0.4) is 0 Å². The van der Waals surface area contributed by atoms with Crippen LogP contribution in [0.15, 0.2) is 12.1 Å². The number of aromatic amines is 1. The molecular formula is C32H50N8O4. The number of nitrogens with zero attached hydrogens (tertiary/aromatic N) is 6. The molecule has 2 atom stereocenters. The zero-order chi connectivity index (χ0) is 32.4. The van der Waals surface area contributed by atoms with E-state index in [9.17, 15) is 9.59 Å². The number of carbonyl (C=O) groups excluding carboxylic acids is 2. The van der Waals surface area contributed by atoms with Crippen molar-refractivity contribution in [3.05, 3.63) is 40.5 Å². The van der Waals surface area contributed by atoms with Gasteiger partial charge in [-0.1, -0.05) is 0 Å². The average Bonchev–Trinajstić information content (AvgIpc) is 3.57. The summed E-state index contributed by atoms with van der Waals surface area (Å²) in [6, 6.07) is 3.72. The molecule has 12 nitrogen and oxygen atoms in total. The van der Waals surface area contributed by atoms with Crippen LogP contribution >= 0.6 is 0 Å². The van der Waals surface area contributed by atoms with Gasteiger partial charge in [-0.25, -0.2) is 19.1 Å². The monoisotopic (exact) mass is 610 g/mol. The molecule has 44 heavy (non-hydrogen) atoms. The zero-order valence-electron chi connectivity index (χ0n) is 27.9. The topological polar surface area (TPSA) is 144 Å². The highest BCUT2D eigenvalue weighted by Gasteiger charge is 2.34. The number of anilines is 1. The molecule has 0 aromatic carbocycles. The van der Waals surface area contributed by atoms with Crippen LogP contribution in [0.5, 0.6) is 0 Å². The lowest BCUT2D eigenvalue weighted by Gasteiger charge is -2.36. The Labute approximate surface area is 260 Å². The Kier molecular flexibility index (Phi) is 9.80. The van der Waals surface area contributed by atoms with E-state index in [-0.39, 0.29) is 24.3 Å². The highest BCUT2D eigenvalue weighted by Crippen LogP contribution is 2.33. The van der Waals surface area contributed by atoms with E-state index in [1.807, 2.05) is 63.9 Å². The molecule has 2 aliphatic heterocycles. The lowest BCUT2D eigenvalue weighted by atomic mass is 10.00. The largest absolute Gasteiger partial charge is 0.444 e. The first-order chi connectivity index (χ1) is 20.5. The molecule has 3 aromatic heterocycles. The first kappa shape index (κ1) is 33.1. The van der Waals surface area contributed by atoms with Crippen LogP contribution in [-0.2, 0) is 9.47 Å². The summed E-state index contributed by atoms with van der Waals surface area (Å²) in [5.74, 6) is 0.449. The summed E-state index contributed by atoms with van der Waals surface area (Å²) in [7, 11) is 0. The van der Waals surface area contributed by atoms with E-state index in [0.717, 1.165) is 72.5 Å². The fraction of sp³-hybridized carbons (Fsp3) is 0.656. The standard InChI is InChI=1S/C19H28N4O2.C13H22N4O2/c1-12-13(2)20-17-11-15(21-23(17)14(12)3)16-9-7-8-10-22(16)18(24)25-19(4,5)6;1-13(2,3)19-12(18)17-7-5-4-6-10(17)9-8-11(14)16-15-9/h11,16H,7-10H2,1-6H3;8,10H,4-7H2,1-3H3,(H3,14,15,16)/t16-;10-/m00/s1. The van der Waals surface area contributed by atoms with Crippen molar-refractivity contribution >= 4 is 23.7 Å². The van der Waals surface area contributed by atoms with Crippen LogP contribution in [0.4, 0.5) is 15.4 Å². The summed E-state index contributed by atoms with van der Waals surface area (Å²) in [4.78, 5) is 33.1. The van der Waals surface area contributed by atoms with E-state index >= 15 is 0 Å². The minimum Gasteiger partial charge on any atom is -0.444 e. The van der Waals surface area contributed by atoms with Gasteiger partial charge in [0.25, 0.3) is 0 Å². The maximum atomic E-state index is 12.6. The van der Waals surface area contributed by atoms with Crippen molar-refractivity contribution < 1.29 is 19.1 Å². The molecule has 3 N–H and O–H groups in total. The van der Waals surface area contributed by atoms with E-state index in [0.29, 0.717) is 18.9 Å². The molecule has 5 heterocycles. The molecule has 0 saturated carbocycles. The van der Waals surface area contributed by atoms with Crippen molar-refractivity contribution in [1.29, 1.82) is 0 Å². The van der Waals surface area contributed by atoms with Crippen LogP contribution in [0.25, 0.3) is 5.65 Å². The van der Waals surface area contributed by atoms with Gasteiger partial charge in [0.1, 0.15) is 17.0 Å². The van der Waals surface area contributed by atoms with Crippen LogP contribution in [-0.4, -0.2) is 71.1 Å². The second kappa shape index (κ2) is 13.0. The van der Waals surface area contributed by atoms with Crippen molar-refractivity contribution in [3.8, 4) is 0 Å². The molecule has 2 aliphatic rings.